The summed E-state index contributed by atoms with van der Waals surface area (Å²) in [5, 5.41) is 11.6. The number of halogens is 1. The number of nitrogens with zero attached hydrogens (tertiary/aromatic N) is 1. The molecule has 0 saturated carbocycles. The average Bonchev–Trinajstić information content (AvgIpc) is 2.21. The summed E-state index contributed by atoms with van der Waals surface area (Å²) in [6.45, 7) is 2.23. The van der Waals surface area contributed by atoms with Crippen LogP contribution in [0.15, 0.2) is 18.2 Å². The predicted octanol–water partition coefficient (Wildman–Crippen LogP) is 2.93. The summed E-state index contributed by atoms with van der Waals surface area (Å²) in [5.41, 5.74) is 0.970. The number of alkyl halides is 1. The number of ether oxygens (including phenoxy) is 1. The van der Waals surface area contributed by atoms with Gasteiger partial charge in [-0.05, 0) is 25.0 Å². The fraction of sp³-hybridized carbons (Fsp3) is 0.400. The summed E-state index contributed by atoms with van der Waals surface area (Å²) in [4.78, 5) is 10.4. The molecule has 0 amide bonds. The number of aryl methyl sites for hydroxylation is 1. The van der Waals surface area contributed by atoms with Crippen LogP contribution in [-0.4, -0.2) is 16.9 Å². The molecule has 0 aliphatic heterocycles. The maximum atomic E-state index is 10.8. The van der Waals surface area contributed by atoms with E-state index in [-0.39, 0.29) is 5.69 Å². The van der Waals surface area contributed by atoms with Crippen molar-refractivity contribution in [2.75, 3.05) is 11.9 Å². The summed E-state index contributed by atoms with van der Waals surface area (Å²) in [7, 11) is 0. The van der Waals surface area contributed by atoms with Crippen LogP contribution >= 0.6 is 15.9 Å². The fourth-order valence-corrected chi connectivity index (χ4v) is 1.71. The maximum Gasteiger partial charge on any atom is 0.311 e. The molecule has 0 atom stereocenters. The van der Waals surface area contributed by atoms with Gasteiger partial charge in [0.2, 0.25) is 0 Å². The molecule has 0 N–H and O–H groups in total. The molecule has 5 heteroatoms. The Morgan fingerprint density at radius 1 is 1.53 bits per heavy atom. The highest BCUT2D eigenvalue weighted by molar-refractivity contribution is 9.09. The van der Waals surface area contributed by atoms with Crippen LogP contribution in [0.5, 0.6) is 5.75 Å². The Morgan fingerprint density at radius 2 is 2.27 bits per heavy atom. The monoisotopic (exact) mass is 273 g/mol. The quantitative estimate of drug-likeness (QED) is 0.471. The highest BCUT2D eigenvalue weighted by Gasteiger charge is 2.15. The van der Waals surface area contributed by atoms with Gasteiger partial charge in [0.1, 0.15) is 0 Å². The van der Waals surface area contributed by atoms with Crippen LogP contribution in [0.3, 0.4) is 0 Å². The van der Waals surface area contributed by atoms with Crippen molar-refractivity contribution in [1.82, 2.24) is 0 Å². The molecule has 1 aromatic rings. The number of rotatable bonds is 5. The Hall–Kier alpha value is -1.10. The zero-order valence-corrected chi connectivity index (χ0v) is 9.99. The first-order valence-corrected chi connectivity index (χ1v) is 5.77. The van der Waals surface area contributed by atoms with E-state index < -0.39 is 4.92 Å². The Labute approximate surface area is 96.5 Å². The molecule has 0 aliphatic carbocycles. The molecule has 82 valence electrons. The Balaban J connectivity index is 3.03. The number of nitro groups is 1. The van der Waals surface area contributed by atoms with Crippen LogP contribution in [0.1, 0.15) is 12.5 Å². The van der Waals surface area contributed by atoms with E-state index >= 15 is 0 Å². The topological polar surface area (TPSA) is 52.4 Å². The van der Waals surface area contributed by atoms with Gasteiger partial charge in [-0.2, -0.15) is 0 Å². The third kappa shape index (κ3) is 3.20. The molecule has 0 unspecified atom stereocenters. The van der Waals surface area contributed by atoms with E-state index in [1.54, 1.807) is 19.1 Å². The Kier molecular flexibility index (Phi) is 4.55. The average molecular weight is 274 g/mol. The van der Waals surface area contributed by atoms with E-state index in [9.17, 15) is 10.1 Å². The minimum Gasteiger partial charge on any atom is -0.487 e. The first-order chi connectivity index (χ1) is 7.19. The van der Waals surface area contributed by atoms with Crippen molar-refractivity contribution in [1.29, 1.82) is 0 Å². The van der Waals surface area contributed by atoms with Gasteiger partial charge in [0.15, 0.2) is 5.75 Å². The second-order valence-corrected chi connectivity index (χ2v) is 3.72. The van der Waals surface area contributed by atoms with Gasteiger partial charge in [-0.1, -0.05) is 22.0 Å². The number of benzene rings is 1. The molecule has 0 aliphatic rings. The van der Waals surface area contributed by atoms with E-state index in [1.165, 1.54) is 0 Å². The molecule has 4 nitrogen and oxygen atoms in total. The van der Waals surface area contributed by atoms with Gasteiger partial charge < -0.3 is 4.74 Å². The van der Waals surface area contributed by atoms with Crippen LogP contribution in [0, 0.1) is 10.1 Å². The highest BCUT2D eigenvalue weighted by Crippen LogP contribution is 2.28. The summed E-state index contributed by atoms with van der Waals surface area (Å²) in [6, 6.07) is 5.06. The maximum absolute atomic E-state index is 10.8. The van der Waals surface area contributed by atoms with Crippen molar-refractivity contribution in [3.05, 3.63) is 33.9 Å². The first-order valence-electron chi connectivity index (χ1n) is 4.65. The van der Waals surface area contributed by atoms with E-state index in [0.29, 0.717) is 12.4 Å². The lowest BCUT2D eigenvalue weighted by molar-refractivity contribution is -0.385. The summed E-state index contributed by atoms with van der Waals surface area (Å²) in [6.07, 6.45) is 0.771. The summed E-state index contributed by atoms with van der Waals surface area (Å²) >= 11 is 3.30. The lowest BCUT2D eigenvalue weighted by Crippen LogP contribution is -1.98. The van der Waals surface area contributed by atoms with Gasteiger partial charge in [-0.15, -0.1) is 0 Å². The van der Waals surface area contributed by atoms with Crippen molar-refractivity contribution in [2.45, 2.75) is 13.3 Å². The SMILES string of the molecule is CCOc1ccc(CCBr)cc1[N+](=O)[O-]. The van der Waals surface area contributed by atoms with E-state index in [1.807, 2.05) is 6.07 Å². The highest BCUT2D eigenvalue weighted by atomic mass is 79.9. The fourth-order valence-electron chi connectivity index (χ4n) is 1.25. The summed E-state index contributed by atoms with van der Waals surface area (Å²) in [5.74, 6) is 0.334. The van der Waals surface area contributed by atoms with Gasteiger partial charge in [0, 0.05) is 11.4 Å². The lowest BCUT2D eigenvalue weighted by atomic mass is 10.1. The van der Waals surface area contributed by atoms with Crippen molar-refractivity contribution in [3.8, 4) is 5.75 Å². The smallest absolute Gasteiger partial charge is 0.311 e. The number of hydrogen-bond donors (Lipinski definition) is 0. The molecule has 1 rings (SSSR count). The number of nitro benzene ring substituents is 1. The molecule has 15 heavy (non-hydrogen) atoms. The van der Waals surface area contributed by atoms with Crippen LogP contribution in [0.4, 0.5) is 5.69 Å². The summed E-state index contributed by atoms with van der Waals surface area (Å²) < 4.78 is 5.18. The Bertz CT molecular complexity index is 355. The predicted molar refractivity (Wildman–Crippen MR) is 61.8 cm³/mol. The molecular weight excluding hydrogens is 262 g/mol. The minimum absolute atomic E-state index is 0.0373. The van der Waals surface area contributed by atoms with Gasteiger partial charge >= 0.3 is 5.69 Å². The van der Waals surface area contributed by atoms with Crippen LogP contribution in [0.2, 0.25) is 0 Å². The van der Waals surface area contributed by atoms with E-state index in [4.69, 9.17) is 4.74 Å². The van der Waals surface area contributed by atoms with Crippen LogP contribution in [0.25, 0.3) is 0 Å². The molecule has 0 bridgehead atoms. The molecular formula is C10H12BrNO3. The second-order valence-electron chi connectivity index (χ2n) is 2.93. The van der Waals surface area contributed by atoms with Gasteiger partial charge in [0.05, 0.1) is 11.5 Å². The molecule has 0 saturated heterocycles. The van der Waals surface area contributed by atoms with Crippen molar-refractivity contribution < 1.29 is 9.66 Å². The number of hydrogen-bond acceptors (Lipinski definition) is 3. The second kappa shape index (κ2) is 5.70. The van der Waals surface area contributed by atoms with E-state index in [2.05, 4.69) is 15.9 Å². The van der Waals surface area contributed by atoms with Gasteiger partial charge in [-0.3, -0.25) is 10.1 Å². The third-order valence-corrected chi connectivity index (χ3v) is 2.30. The standard InChI is InChI=1S/C10H12BrNO3/c1-2-15-10-4-3-8(5-6-11)7-9(10)12(13)14/h3-4,7H,2,5-6H2,1H3. The van der Waals surface area contributed by atoms with Gasteiger partial charge in [-0.25, -0.2) is 0 Å². The van der Waals surface area contributed by atoms with Crippen molar-refractivity contribution >= 4 is 21.6 Å². The molecule has 0 spiro atoms. The lowest BCUT2D eigenvalue weighted by Gasteiger charge is -2.05. The molecule has 0 fully saturated rings. The third-order valence-electron chi connectivity index (χ3n) is 1.90. The zero-order valence-electron chi connectivity index (χ0n) is 8.40. The largest absolute Gasteiger partial charge is 0.487 e. The zero-order chi connectivity index (χ0) is 11.3. The van der Waals surface area contributed by atoms with Crippen LogP contribution < -0.4 is 4.74 Å². The van der Waals surface area contributed by atoms with Gasteiger partial charge in [0.25, 0.3) is 0 Å². The minimum atomic E-state index is -0.414. The molecule has 0 aromatic heterocycles. The molecule has 0 radical (unpaired) electrons. The molecule has 1 aromatic carbocycles. The first kappa shape index (κ1) is 12.0. The Morgan fingerprint density at radius 3 is 2.80 bits per heavy atom. The van der Waals surface area contributed by atoms with Crippen molar-refractivity contribution in [2.24, 2.45) is 0 Å². The van der Waals surface area contributed by atoms with E-state index in [0.717, 1.165) is 17.3 Å². The normalized spacial score (nSPS) is 10.0. The molecule has 0 heterocycles. The van der Waals surface area contributed by atoms with Crippen LogP contribution in [-0.2, 0) is 6.42 Å². The van der Waals surface area contributed by atoms with Crippen molar-refractivity contribution in [3.63, 3.8) is 0 Å².